The first-order chi connectivity index (χ1) is 24.8. The highest BCUT2D eigenvalue weighted by Crippen LogP contribution is 2.45. The minimum absolute atomic E-state index is 1.15. The van der Waals surface area contributed by atoms with Crippen molar-refractivity contribution in [1.29, 1.82) is 0 Å². The molecule has 0 fully saturated rings. The van der Waals surface area contributed by atoms with Crippen molar-refractivity contribution in [2.24, 2.45) is 0 Å². The fraction of sp³-hybridized carbons (Fsp3) is 0. The summed E-state index contributed by atoms with van der Waals surface area (Å²) in [6, 6.07) is 70.2. The van der Waals surface area contributed by atoms with Gasteiger partial charge >= 0.3 is 0 Å². The Labute approximate surface area is 290 Å². The SMILES string of the molecule is c1ccc(-c2ccccc2-c2ccc(-n3c4ccccc4c4c5c6cccc(-c7ccccc7)c6n(-c6ccccc6)c5ccc43)cc2)cc1. The number of hydrogen-bond donors (Lipinski definition) is 0. The van der Waals surface area contributed by atoms with Crippen molar-refractivity contribution >= 4 is 43.6 Å². The molecule has 0 aliphatic carbocycles. The maximum atomic E-state index is 2.46. The van der Waals surface area contributed by atoms with E-state index in [9.17, 15) is 0 Å². The number of para-hydroxylation sites is 3. The summed E-state index contributed by atoms with van der Waals surface area (Å²) >= 11 is 0. The topological polar surface area (TPSA) is 9.86 Å². The second-order valence-corrected chi connectivity index (χ2v) is 12.9. The molecule has 0 saturated carbocycles. The van der Waals surface area contributed by atoms with Gasteiger partial charge in [-0.1, -0.05) is 152 Å². The summed E-state index contributed by atoms with van der Waals surface area (Å²) in [5.41, 5.74) is 14.5. The summed E-state index contributed by atoms with van der Waals surface area (Å²) in [7, 11) is 0. The van der Waals surface area contributed by atoms with Crippen LogP contribution in [0.15, 0.2) is 194 Å². The lowest BCUT2D eigenvalue weighted by Gasteiger charge is -2.13. The van der Waals surface area contributed by atoms with Crippen LogP contribution in [0.1, 0.15) is 0 Å². The average molecular weight is 637 g/mol. The molecule has 0 aliphatic heterocycles. The molecule has 0 N–H and O–H groups in total. The molecule has 10 rings (SSSR count). The van der Waals surface area contributed by atoms with Gasteiger partial charge in [-0.15, -0.1) is 0 Å². The molecule has 8 aromatic carbocycles. The highest BCUT2D eigenvalue weighted by Gasteiger charge is 2.22. The van der Waals surface area contributed by atoms with Gasteiger partial charge in [0.05, 0.1) is 22.1 Å². The Morgan fingerprint density at radius 3 is 1.40 bits per heavy atom. The standard InChI is InChI=1S/C48H32N2/c1-4-15-33(16-5-1)38-21-10-11-22-39(38)35-27-29-37(30-28-35)49-43-26-13-12-23-41(43)46-44(49)31-32-45-47(46)42-25-14-24-40(34-17-6-2-7-18-34)48(42)50(45)36-19-8-3-9-20-36/h1-32H. The first kappa shape index (κ1) is 28.4. The molecule has 0 saturated heterocycles. The lowest BCUT2D eigenvalue weighted by atomic mass is 9.94. The molecule has 2 heteroatoms. The van der Waals surface area contributed by atoms with E-state index in [0.717, 1.165) is 11.4 Å². The van der Waals surface area contributed by atoms with Crippen molar-refractivity contribution < 1.29 is 0 Å². The van der Waals surface area contributed by atoms with Gasteiger partial charge in [-0.05, 0) is 70.3 Å². The van der Waals surface area contributed by atoms with Gasteiger partial charge in [-0.25, -0.2) is 0 Å². The molecule has 0 aliphatic rings. The van der Waals surface area contributed by atoms with Crippen LogP contribution in [0.5, 0.6) is 0 Å². The molecular weight excluding hydrogens is 605 g/mol. The number of aromatic nitrogens is 2. The molecule has 2 aromatic heterocycles. The summed E-state index contributed by atoms with van der Waals surface area (Å²) in [4.78, 5) is 0. The molecule has 2 nitrogen and oxygen atoms in total. The van der Waals surface area contributed by atoms with Crippen molar-refractivity contribution in [3.8, 4) is 44.8 Å². The predicted octanol–water partition coefficient (Wildman–Crippen LogP) is 12.9. The van der Waals surface area contributed by atoms with Crippen LogP contribution in [0.3, 0.4) is 0 Å². The third-order valence-electron chi connectivity index (χ3n) is 10.1. The summed E-state index contributed by atoms with van der Waals surface area (Å²) in [5, 5.41) is 5.07. The van der Waals surface area contributed by atoms with Gasteiger partial charge in [-0.3, -0.25) is 0 Å². The molecule has 2 heterocycles. The second-order valence-electron chi connectivity index (χ2n) is 12.9. The summed E-state index contributed by atoms with van der Waals surface area (Å²) in [6.45, 7) is 0. The fourth-order valence-electron chi connectivity index (χ4n) is 7.98. The van der Waals surface area contributed by atoms with E-state index in [1.165, 1.54) is 77.0 Å². The molecule has 0 radical (unpaired) electrons. The number of benzene rings is 8. The molecule has 0 spiro atoms. The Kier molecular flexibility index (Phi) is 6.53. The second kappa shape index (κ2) is 11.5. The highest BCUT2D eigenvalue weighted by molar-refractivity contribution is 6.30. The van der Waals surface area contributed by atoms with Crippen molar-refractivity contribution in [3.63, 3.8) is 0 Å². The first-order valence-electron chi connectivity index (χ1n) is 17.2. The van der Waals surface area contributed by atoms with Crippen LogP contribution in [-0.2, 0) is 0 Å². The Balaban J connectivity index is 1.24. The molecule has 0 atom stereocenters. The van der Waals surface area contributed by atoms with Gasteiger partial charge in [0, 0.05) is 38.5 Å². The minimum Gasteiger partial charge on any atom is -0.309 e. The molecule has 0 amide bonds. The van der Waals surface area contributed by atoms with Crippen LogP contribution in [0, 0.1) is 0 Å². The van der Waals surface area contributed by atoms with Gasteiger partial charge in [-0.2, -0.15) is 0 Å². The summed E-state index contributed by atoms with van der Waals surface area (Å²) in [5.74, 6) is 0. The van der Waals surface area contributed by atoms with E-state index >= 15 is 0 Å². The van der Waals surface area contributed by atoms with E-state index in [4.69, 9.17) is 0 Å². The van der Waals surface area contributed by atoms with Gasteiger partial charge in [0.15, 0.2) is 0 Å². The van der Waals surface area contributed by atoms with Crippen LogP contribution in [0.2, 0.25) is 0 Å². The van der Waals surface area contributed by atoms with Crippen LogP contribution < -0.4 is 0 Å². The summed E-state index contributed by atoms with van der Waals surface area (Å²) < 4.78 is 4.89. The van der Waals surface area contributed by atoms with Crippen molar-refractivity contribution in [3.05, 3.63) is 194 Å². The molecule has 50 heavy (non-hydrogen) atoms. The summed E-state index contributed by atoms with van der Waals surface area (Å²) in [6.07, 6.45) is 0. The minimum atomic E-state index is 1.15. The molecule has 234 valence electrons. The predicted molar refractivity (Wildman–Crippen MR) is 211 cm³/mol. The van der Waals surface area contributed by atoms with E-state index in [1.54, 1.807) is 0 Å². The van der Waals surface area contributed by atoms with Crippen LogP contribution >= 0.6 is 0 Å². The third-order valence-corrected chi connectivity index (χ3v) is 10.1. The fourth-order valence-corrected chi connectivity index (χ4v) is 7.98. The lowest BCUT2D eigenvalue weighted by molar-refractivity contribution is 1.17. The van der Waals surface area contributed by atoms with E-state index < -0.39 is 0 Å². The zero-order chi connectivity index (χ0) is 33.0. The Morgan fingerprint density at radius 1 is 0.260 bits per heavy atom. The Hall–Kier alpha value is -6.64. The largest absolute Gasteiger partial charge is 0.309 e. The maximum absolute atomic E-state index is 2.46. The third kappa shape index (κ3) is 4.36. The molecule has 0 unspecified atom stereocenters. The molecular formula is C48H32N2. The van der Waals surface area contributed by atoms with E-state index in [2.05, 4.69) is 203 Å². The highest BCUT2D eigenvalue weighted by atomic mass is 15.0. The van der Waals surface area contributed by atoms with E-state index in [1.807, 2.05) is 0 Å². The monoisotopic (exact) mass is 636 g/mol. The smallest absolute Gasteiger partial charge is 0.0619 e. The zero-order valence-electron chi connectivity index (χ0n) is 27.4. The number of nitrogens with zero attached hydrogens (tertiary/aromatic N) is 2. The Bertz CT molecular complexity index is 2820. The van der Waals surface area contributed by atoms with E-state index in [0.29, 0.717) is 0 Å². The number of fused-ring (bicyclic) bond motifs is 7. The van der Waals surface area contributed by atoms with Crippen LogP contribution in [0.25, 0.3) is 88.4 Å². The molecule has 10 aromatic rings. The Morgan fingerprint density at radius 2 is 0.720 bits per heavy atom. The zero-order valence-corrected chi connectivity index (χ0v) is 27.4. The van der Waals surface area contributed by atoms with Gasteiger partial charge < -0.3 is 9.13 Å². The van der Waals surface area contributed by atoms with Crippen LogP contribution in [-0.4, -0.2) is 9.13 Å². The molecule has 0 bridgehead atoms. The van der Waals surface area contributed by atoms with Crippen molar-refractivity contribution in [1.82, 2.24) is 9.13 Å². The van der Waals surface area contributed by atoms with Gasteiger partial charge in [0.2, 0.25) is 0 Å². The van der Waals surface area contributed by atoms with Crippen molar-refractivity contribution in [2.75, 3.05) is 0 Å². The normalized spacial score (nSPS) is 11.6. The first-order valence-corrected chi connectivity index (χ1v) is 17.2. The van der Waals surface area contributed by atoms with E-state index in [-0.39, 0.29) is 0 Å². The van der Waals surface area contributed by atoms with Crippen LogP contribution in [0.4, 0.5) is 0 Å². The number of hydrogen-bond acceptors (Lipinski definition) is 0. The van der Waals surface area contributed by atoms with Gasteiger partial charge in [0.25, 0.3) is 0 Å². The quantitative estimate of drug-likeness (QED) is 0.178. The maximum Gasteiger partial charge on any atom is 0.0619 e. The average Bonchev–Trinajstić information content (AvgIpc) is 3.72. The lowest BCUT2D eigenvalue weighted by Crippen LogP contribution is -1.96. The van der Waals surface area contributed by atoms with Gasteiger partial charge in [0.1, 0.15) is 0 Å². The number of rotatable bonds is 5. The van der Waals surface area contributed by atoms with Crippen molar-refractivity contribution in [2.45, 2.75) is 0 Å².